The lowest BCUT2D eigenvalue weighted by atomic mass is 9.81. The van der Waals surface area contributed by atoms with Crippen LogP contribution in [0, 0.1) is 0 Å². The van der Waals surface area contributed by atoms with Gasteiger partial charge in [0.05, 0.1) is 0 Å². The summed E-state index contributed by atoms with van der Waals surface area (Å²) in [6.45, 7) is 5.20. The number of amides is 3. The Labute approximate surface area is 238 Å². The third kappa shape index (κ3) is 5.54. The van der Waals surface area contributed by atoms with Crippen LogP contribution in [0.2, 0.25) is 10.0 Å². The van der Waals surface area contributed by atoms with Gasteiger partial charge in [-0.1, -0.05) is 41.4 Å². The lowest BCUT2D eigenvalue weighted by molar-refractivity contribution is -0.154. The fourth-order valence-electron chi connectivity index (χ4n) is 5.61. The van der Waals surface area contributed by atoms with E-state index in [0.29, 0.717) is 28.8 Å². The standard InChI is InChI=1S/C28H33Cl2N5O4/c1-18(2)35(24(17-36)33-10-12-34(13-11-33)26(38)25(37)32(3)4)28(16-19-6-5-7-20(29)14-19)22-9-8-21(30)15-23(22)31-27(28)39/h5-9,14-15,17-18,24H,10-13,16H2,1-4H3,(H,31,39). The zero-order chi connectivity index (χ0) is 28.5. The molecular formula is C28H33Cl2N5O4. The van der Waals surface area contributed by atoms with Gasteiger partial charge in [0.1, 0.15) is 11.7 Å². The summed E-state index contributed by atoms with van der Waals surface area (Å²) in [4.78, 5) is 58.3. The van der Waals surface area contributed by atoms with Crippen molar-refractivity contribution in [1.29, 1.82) is 0 Å². The molecule has 2 aliphatic rings. The van der Waals surface area contributed by atoms with Gasteiger partial charge in [0, 0.05) is 74.0 Å². The fraction of sp³-hybridized carbons (Fsp3) is 0.429. The normalized spacial score (nSPS) is 20.1. The van der Waals surface area contributed by atoms with E-state index in [1.807, 2.05) is 47.9 Å². The number of likely N-dealkylation sites (N-methyl/N-ethyl adjacent to an activating group) is 1. The summed E-state index contributed by atoms with van der Waals surface area (Å²) in [5.41, 5.74) is 0.927. The average molecular weight is 575 g/mol. The Balaban J connectivity index is 1.74. The van der Waals surface area contributed by atoms with Crippen molar-refractivity contribution >= 4 is 52.9 Å². The molecule has 2 aliphatic heterocycles. The molecular weight excluding hydrogens is 541 g/mol. The Bertz CT molecular complexity index is 1280. The van der Waals surface area contributed by atoms with Gasteiger partial charge in [-0.15, -0.1) is 0 Å². The maximum absolute atomic E-state index is 14.0. The Hall–Kier alpha value is -2.98. The molecule has 11 heteroatoms. The molecule has 1 N–H and O–H groups in total. The number of halogens is 2. The molecule has 39 heavy (non-hydrogen) atoms. The molecule has 1 fully saturated rings. The first-order valence-electron chi connectivity index (χ1n) is 12.8. The van der Waals surface area contributed by atoms with E-state index in [4.69, 9.17) is 23.2 Å². The highest BCUT2D eigenvalue weighted by Gasteiger charge is 2.55. The predicted octanol–water partition coefficient (Wildman–Crippen LogP) is 2.85. The van der Waals surface area contributed by atoms with E-state index in [1.165, 1.54) is 23.9 Å². The number of hydrogen-bond donors (Lipinski definition) is 1. The van der Waals surface area contributed by atoms with Gasteiger partial charge in [-0.05, 0) is 43.7 Å². The number of rotatable bonds is 7. The Kier molecular flexibility index (Phi) is 8.66. The Morgan fingerprint density at radius 2 is 1.72 bits per heavy atom. The van der Waals surface area contributed by atoms with E-state index in [0.717, 1.165) is 17.4 Å². The summed E-state index contributed by atoms with van der Waals surface area (Å²) in [5.74, 6) is -1.41. The summed E-state index contributed by atoms with van der Waals surface area (Å²) >= 11 is 12.6. The van der Waals surface area contributed by atoms with Gasteiger partial charge < -0.3 is 19.9 Å². The van der Waals surface area contributed by atoms with Gasteiger partial charge in [0.2, 0.25) is 5.91 Å². The Morgan fingerprint density at radius 1 is 1.05 bits per heavy atom. The topological polar surface area (TPSA) is 93.3 Å². The fourth-order valence-corrected chi connectivity index (χ4v) is 5.99. The number of nitrogens with one attached hydrogen (secondary N) is 1. The molecule has 4 rings (SSSR count). The van der Waals surface area contributed by atoms with Crippen LogP contribution in [-0.4, -0.2) is 96.1 Å². The van der Waals surface area contributed by atoms with E-state index in [2.05, 4.69) is 5.32 Å². The quantitative estimate of drug-likeness (QED) is 0.404. The molecule has 0 aliphatic carbocycles. The molecule has 208 valence electrons. The third-order valence-electron chi connectivity index (χ3n) is 7.37. The van der Waals surface area contributed by atoms with Crippen LogP contribution in [0.25, 0.3) is 0 Å². The van der Waals surface area contributed by atoms with E-state index >= 15 is 0 Å². The summed E-state index contributed by atoms with van der Waals surface area (Å²) in [6.07, 6.45) is 0.341. The number of carbonyl (C=O) groups is 4. The third-order valence-corrected chi connectivity index (χ3v) is 7.84. The SMILES string of the molecule is CC(C)N(C(C=O)N1CCN(C(=O)C(=O)N(C)C)CC1)C1(Cc2cccc(Cl)c2)C(=O)Nc2cc(Cl)ccc21. The second-order valence-corrected chi connectivity index (χ2v) is 11.3. The van der Waals surface area contributed by atoms with Crippen LogP contribution in [0.15, 0.2) is 42.5 Å². The minimum Gasteiger partial charge on any atom is -0.341 e. The Morgan fingerprint density at radius 3 is 2.31 bits per heavy atom. The highest BCUT2D eigenvalue weighted by Crippen LogP contribution is 2.46. The number of nitrogens with zero attached hydrogens (tertiary/aromatic N) is 4. The van der Waals surface area contributed by atoms with Crippen molar-refractivity contribution in [1.82, 2.24) is 19.6 Å². The molecule has 2 aromatic rings. The number of benzene rings is 2. The maximum atomic E-state index is 14.0. The van der Waals surface area contributed by atoms with Crippen LogP contribution >= 0.6 is 23.2 Å². The smallest absolute Gasteiger partial charge is 0.312 e. The number of carbonyl (C=O) groups excluding carboxylic acids is 4. The molecule has 2 atom stereocenters. The van der Waals surface area contributed by atoms with E-state index in [-0.39, 0.29) is 31.5 Å². The van der Waals surface area contributed by atoms with E-state index in [1.54, 1.807) is 18.2 Å². The molecule has 2 unspecified atom stereocenters. The van der Waals surface area contributed by atoms with Crippen LogP contribution in [0.4, 0.5) is 5.69 Å². The lowest BCUT2D eigenvalue weighted by Crippen LogP contribution is -2.66. The zero-order valence-electron chi connectivity index (χ0n) is 22.5. The molecule has 0 aromatic heterocycles. The van der Waals surface area contributed by atoms with Gasteiger partial charge in [0.25, 0.3) is 0 Å². The molecule has 2 heterocycles. The van der Waals surface area contributed by atoms with Crippen molar-refractivity contribution in [3.63, 3.8) is 0 Å². The highest BCUT2D eigenvalue weighted by atomic mass is 35.5. The molecule has 2 aromatic carbocycles. The zero-order valence-corrected chi connectivity index (χ0v) is 24.0. The average Bonchev–Trinajstić information content (AvgIpc) is 3.16. The minimum absolute atomic E-state index is 0.234. The number of aldehydes is 1. The van der Waals surface area contributed by atoms with Crippen LogP contribution in [0.1, 0.15) is 25.0 Å². The molecule has 0 radical (unpaired) electrons. The van der Waals surface area contributed by atoms with Crippen molar-refractivity contribution in [3.05, 3.63) is 63.6 Å². The molecule has 3 amide bonds. The molecule has 1 saturated heterocycles. The van der Waals surface area contributed by atoms with Gasteiger partial charge in [-0.3, -0.25) is 24.2 Å². The highest BCUT2D eigenvalue weighted by molar-refractivity contribution is 6.34. The largest absolute Gasteiger partial charge is 0.341 e. The second kappa shape index (κ2) is 11.6. The first-order chi connectivity index (χ1) is 18.5. The summed E-state index contributed by atoms with van der Waals surface area (Å²) in [5, 5.41) is 4.04. The maximum Gasteiger partial charge on any atom is 0.312 e. The summed E-state index contributed by atoms with van der Waals surface area (Å²) < 4.78 is 0. The molecule has 0 spiro atoms. The van der Waals surface area contributed by atoms with Gasteiger partial charge >= 0.3 is 11.8 Å². The van der Waals surface area contributed by atoms with Gasteiger partial charge in [-0.2, -0.15) is 0 Å². The van der Waals surface area contributed by atoms with Crippen molar-refractivity contribution in [2.24, 2.45) is 0 Å². The van der Waals surface area contributed by atoms with Crippen LogP contribution in [-0.2, 0) is 31.1 Å². The van der Waals surface area contributed by atoms with Crippen molar-refractivity contribution in [2.45, 2.75) is 38.0 Å². The van der Waals surface area contributed by atoms with Crippen molar-refractivity contribution in [3.8, 4) is 0 Å². The first kappa shape index (κ1) is 29.0. The van der Waals surface area contributed by atoms with Crippen molar-refractivity contribution in [2.75, 3.05) is 45.6 Å². The monoisotopic (exact) mass is 573 g/mol. The molecule has 0 bridgehead atoms. The summed E-state index contributed by atoms with van der Waals surface area (Å²) in [6, 6.07) is 12.4. The van der Waals surface area contributed by atoms with Gasteiger partial charge in [0.15, 0.2) is 6.29 Å². The predicted molar refractivity (Wildman–Crippen MR) is 151 cm³/mol. The number of hydrogen-bond acceptors (Lipinski definition) is 6. The van der Waals surface area contributed by atoms with Crippen LogP contribution in [0.3, 0.4) is 0 Å². The minimum atomic E-state index is -1.24. The number of anilines is 1. The van der Waals surface area contributed by atoms with Crippen molar-refractivity contribution < 1.29 is 19.2 Å². The second-order valence-electron chi connectivity index (χ2n) is 10.4. The van der Waals surface area contributed by atoms with Crippen LogP contribution < -0.4 is 5.32 Å². The molecule has 9 nitrogen and oxygen atoms in total. The first-order valence-corrected chi connectivity index (χ1v) is 13.6. The lowest BCUT2D eigenvalue weighted by Gasteiger charge is -2.50. The van der Waals surface area contributed by atoms with E-state index < -0.39 is 23.5 Å². The molecule has 0 saturated carbocycles. The number of fused-ring (bicyclic) bond motifs is 1. The number of piperazine rings is 1. The summed E-state index contributed by atoms with van der Waals surface area (Å²) in [7, 11) is 3.08. The van der Waals surface area contributed by atoms with Gasteiger partial charge in [-0.25, -0.2) is 0 Å². The van der Waals surface area contributed by atoms with E-state index in [9.17, 15) is 19.2 Å². The van der Waals surface area contributed by atoms with Crippen LogP contribution in [0.5, 0.6) is 0 Å².